The predicted molar refractivity (Wildman–Crippen MR) is 46.0 cm³/mol. The Labute approximate surface area is 72.7 Å². The molecule has 12 heavy (non-hydrogen) atoms. The number of amides is 2. The molecule has 1 atom stereocenters. The number of nitrogens with one attached hydrogen (secondary N) is 2. The molecule has 1 saturated heterocycles. The molecule has 1 aliphatic heterocycles. The maximum atomic E-state index is 10.9. The summed E-state index contributed by atoms with van der Waals surface area (Å²) in [6.07, 6.45) is 0.875. The van der Waals surface area contributed by atoms with Crippen LogP contribution in [0.1, 0.15) is 20.3 Å². The van der Waals surface area contributed by atoms with E-state index in [0.29, 0.717) is 6.61 Å². The van der Waals surface area contributed by atoms with Crippen molar-refractivity contribution in [2.45, 2.75) is 31.9 Å². The number of rotatable bonds is 1. The standard InChI is InChI=1S/C8H16N2O2/c1-8(2)4-6(5-12-8)10-7(11)9-3/h6H,4-5H2,1-3H3,(H2,9,10,11). The van der Waals surface area contributed by atoms with E-state index in [1.807, 2.05) is 13.8 Å². The lowest BCUT2D eigenvalue weighted by molar-refractivity contribution is 0.0358. The van der Waals surface area contributed by atoms with Crippen molar-refractivity contribution >= 4 is 6.03 Å². The summed E-state index contributed by atoms with van der Waals surface area (Å²) in [5.74, 6) is 0. The Morgan fingerprint density at radius 3 is 2.67 bits per heavy atom. The Morgan fingerprint density at radius 1 is 1.58 bits per heavy atom. The lowest BCUT2D eigenvalue weighted by Gasteiger charge is -2.15. The van der Waals surface area contributed by atoms with Crippen molar-refractivity contribution in [3.05, 3.63) is 0 Å². The predicted octanol–water partition coefficient (Wildman–Crippen LogP) is 0.483. The highest BCUT2D eigenvalue weighted by Crippen LogP contribution is 2.24. The highest BCUT2D eigenvalue weighted by atomic mass is 16.5. The minimum Gasteiger partial charge on any atom is -0.373 e. The summed E-state index contributed by atoms with van der Waals surface area (Å²) in [5.41, 5.74) is -0.0916. The van der Waals surface area contributed by atoms with Crippen LogP contribution in [0.2, 0.25) is 0 Å². The van der Waals surface area contributed by atoms with Crippen molar-refractivity contribution in [1.29, 1.82) is 0 Å². The van der Waals surface area contributed by atoms with Crippen molar-refractivity contribution in [1.82, 2.24) is 10.6 Å². The monoisotopic (exact) mass is 172 g/mol. The number of hydrogen-bond acceptors (Lipinski definition) is 2. The Bertz CT molecular complexity index is 180. The third kappa shape index (κ3) is 2.37. The van der Waals surface area contributed by atoms with Gasteiger partial charge in [-0.25, -0.2) is 4.79 Å². The Kier molecular flexibility index (Phi) is 2.57. The van der Waals surface area contributed by atoms with Crippen molar-refractivity contribution in [2.24, 2.45) is 0 Å². The molecule has 0 saturated carbocycles. The third-order valence-electron chi connectivity index (χ3n) is 1.98. The van der Waals surface area contributed by atoms with E-state index >= 15 is 0 Å². The van der Waals surface area contributed by atoms with Gasteiger partial charge in [0.2, 0.25) is 0 Å². The molecule has 0 aromatic heterocycles. The molecule has 0 bridgehead atoms. The average molecular weight is 172 g/mol. The van der Waals surface area contributed by atoms with Gasteiger partial charge in [-0.1, -0.05) is 0 Å². The average Bonchev–Trinajstić information content (AvgIpc) is 2.30. The molecule has 2 N–H and O–H groups in total. The zero-order valence-corrected chi connectivity index (χ0v) is 7.81. The first-order valence-electron chi connectivity index (χ1n) is 4.16. The van der Waals surface area contributed by atoms with E-state index in [9.17, 15) is 4.79 Å². The smallest absolute Gasteiger partial charge is 0.314 e. The SMILES string of the molecule is CNC(=O)NC1COC(C)(C)C1. The number of urea groups is 1. The van der Waals surface area contributed by atoms with Crippen LogP contribution in [0, 0.1) is 0 Å². The molecule has 70 valence electrons. The fourth-order valence-corrected chi connectivity index (χ4v) is 1.39. The molecular formula is C8H16N2O2. The van der Waals surface area contributed by atoms with Crippen molar-refractivity contribution in [2.75, 3.05) is 13.7 Å². The quantitative estimate of drug-likeness (QED) is 0.604. The molecule has 4 heteroatoms. The fraction of sp³-hybridized carbons (Fsp3) is 0.875. The van der Waals surface area contributed by atoms with Crippen LogP contribution in [0.25, 0.3) is 0 Å². The largest absolute Gasteiger partial charge is 0.373 e. The summed E-state index contributed by atoms with van der Waals surface area (Å²) in [5, 5.41) is 5.32. The Hall–Kier alpha value is -0.770. The van der Waals surface area contributed by atoms with Crippen LogP contribution in [-0.2, 0) is 4.74 Å². The highest BCUT2D eigenvalue weighted by Gasteiger charge is 2.32. The zero-order valence-electron chi connectivity index (χ0n) is 7.81. The second kappa shape index (κ2) is 3.31. The van der Waals surface area contributed by atoms with E-state index in [-0.39, 0.29) is 17.7 Å². The fourth-order valence-electron chi connectivity index (χ4n) is 1.39. The van der Waals surface area contributed by atoms with Gasteiger partial charge in [0.1, 0.15) is 0 Å². The minimum atomic E-state index is -0.138. The van der Waals surface area contributed by atoms with Gasteiger partial charge in [0.15, 0.2) is 0 Å². The van der Waals surface area contributed by atoms with E-state index in [2.05, 4.69) is 10.6 Å². The van der Waals surface area contributed by atoms with Crippen LogP contribution >= 0.6 is 0 Å². The van der Waals surface area contributed by atoms with Crippen LogP contribution in [0.3, 0.4) is 0 Å². The zero-order chi connectivity index (χ0) is 9.19. The molecule has 0 aliphatic carbocycles. The van der Waals surface area contributed by atoms with Gasteiger partial charge in [-0.2, -0.15) is 0 Å². The molecule has 0 aromatic rings. The summed E-state index contributed by atoms with van der Waals surface area (Å²) in [4.78, 5) is 10.9. The van der Waals surface area contributed by atoms with E-state index in [0.717, 1.165) is 6.42 Å². The molecule has 1 heterocycles. The first-order chi connectivity index (χ1) is 5.53. The summed E-state index contributed by atoms with van der Waals surface area (Å²) < 4.78 is 5.46. The van der Waals surface area contributed by atoms with Gasteiger partial charge in [0.25, 0.3) is 0 Å². The second-order valence-electron chi connectivity index (χ2n) is 3.70. The van der Waals surface area contributed by atoms with Gasteiger partial charge in [-0.15, -0.1) is 0 Å². The van der Waals surface area contributed by atoms with Gasteiger partial charge in [0.05, 0.1) is 18.2 Å². The van der Waals surface area contributed by atoms with Gasteiger partial charge >= 0.3 is 6.03 Å². The summed E-state index contributed by atoms with van der Waals surface area (Å²) >= 11 is 0. The van der Waals surface area contributed by atoms with E-state index < -0.39 is 0 Å². The van der Waals surface area contributed by atoms with Gasteiger partial charge in [0, 0.05) is 7.05 Å². The number of carbonyl (C=O) groups is 1. The minimum absolute atomic E-state index is 0.0916. The summed E-state index contributed by atoms with van der Waals surface area (Å²) in [7, 11) is 1.61. The Balaban J connectivity index is 2.33. The molecule has 1 fully saturated rings. The van der Waals surface area contributed by atoms with Gasteiger partial charge in [-0.3, -0.25) is 0 Å². The van der Waals surface area contributed by atoms with Crippen molar-refractivity contribution < 1.29 is 9.53 Å². The first-order valence-corrected chi connectivity index (χ1v) is 4.16. The van der Waals surface area contributed by atoms with E-state index in [1.165, 1.54) is 0 Å². The molecular weight excluding hydrogens is 156 g/mol. The van der Waals surface area contributed by atoms with E-state index in [4.69, 9.17) is 4.74 Å². The Morgan fingerprint density at radius 2 is 2.25 bits per heavy atom. The number of carbonyl (C=O) groups excluding carboxylic acids is 1. The molecule has 0 radical (unpaired) electrons. The molecule has 1 rings (SSSR count). The molecule has 1 unspecified atom stereocenters. The summed E-state index contributed by atoms with van der Waals surface area (Å²) in [6.45, 7) is 4.66. The highest BCUT2D eigenvalue weighted by molar-refractivity contribution is 5.73. The maximum absolute atomic E-state index is 10.9. The lowest BCUT2D eigenvalue weighted by atomic mass is 10.0. The molecule has 2 amide bonds. The van der Waals surface area contributed by atoms with Crippen LogP contribution < -0.4 is 10.6 Å². The molecule has 1 aliphatic rings. The van der Waals surface area contributed by atoms with Crippen LogP contribution in [0.5, 0.6) is 0 Å². The molecule has 0 spiro atoms. The summed E-state index contributed by atoms with van der Waals surface area (Å²) in [6, 6.07) is 0.0150. The molecule has 4 nitrogen and oxygen atoms in total. The van der Waals surface area contributed by atoms with Gasteiger partial charge < -0.3 is 15.4 Å². The van der Waals surface area contributed by atoms with Crippen molar-refractivity contribution in [3.8, 4) is 0 Å². The van der Waals surface area contributed by atoms with Crippen molar-refractivity contribution in [3.63, 3.8) is 0 Å². The van der Waals surface area contributed by atoms with Gasteiger partial charge in [-0.05, 0) is 20.3 Å². The number of ether oxygens (including phenoxy) is 1. The van der Waals surface area contributed by atoms with Crippen LogP contribution in [0.4, 0.5) is 4.79 Å². The topological polar surface area (TPSA) is 50.4 Å². The normalized spacial score (nSPS) is 26.8. The number of hydrogen-bond donors (Lipinski definition) is 2. The molecule has 0 aromatic carbocycles. The van der Waals surface area contributed by atoms with E-state index in [1.54, 1.807) is 7.05 Å². The van der Waals surface area contributed by atoms with Crippen LogP contribution in [0.15, 0.2) is 0 Å². The second-order valence-corrected chi connectivity index (χ2v) is 3.70. The first kappa shape index (κ1) is 9.32. The lowest BCUT2D eigenvalue weighted by Crippen LogP contribution is -2.41. The maximum Gasteiger partial charge on any atom is 0.314 e. The van der Waals surface area contributed by atoms with Crippen LogP contribution in [-0.4, -0.2) is 31.3 Å². The third-order valence-corrected chi connectivity index (χ3v) is 1.98.